The van der Waals surface area contributed by atoms with Crippen LogP contribution >= 0.6 is 0 Å². The highest BCUT2D eigenvalue weighted by molar-refractivity contribution is 5.80. The lowest BCUT2D eigenvalue weighted by molar-refractivity contribution is -0.143. The van der Waals surface area contributed by atoms with Gasteiger partial charge < -0.3 is 10.4 Å². The summed E-state index contributed by atoms with van der Waals surface area (Å²) in [5.74, 6) is -1.40. The number of aliphatic carboxylic acids is 1. The lowest BCUT2D eigenvalue weighted by Gasteiger charge is -2.22. The van der Waals surface area contributed by atoms with Crippen molar-refractivity contribution >= 4 is 11.9 Å². The van der Waals surface area contributed by atoms with E-state index < -0.39 is 11.9 Å². The summed E-state index contributed by atoms with van der Waals surface area (Å²) in [6.45, 7) is 0. The van der Waals surface area contributed by atoms with Crippen molar-refractivity contribution in [2.75, 3.05) is 0 Å². The van der Waals surface area contributed by atoms with Crippen molar-refractivity contribution in [3.8, 4) is 0 Å². The van der Waals surface area contributed by atoms with Gasteiger partial charge in [0, 0.05) is 18.4 Å². The molecule has 20 heavy (non-hydrogen) atoms. The molecule has 0 bridgehead atoms. The molecule has 1 aliphatic rings. The van der Waals surface area contributed by atoms with Gasteiger partial charge in [-0.1, -0.05) is 25.3 Å². The molecule has 1 amide bonds. The lowest BCUT2D eigenvalue weighted by atomic mass is 9.94. The Morgan fingerprint density at radius 3 is 2.80 bits per heavy atom. The van der Waals surface area contributed by atoms with E-state index in [4.69, 9.17) is 0 Å². The third-order valence-electron chi connectivity index (χ3n) is 3.77. The first-order valence-electron chi connectivity index (χ1n) is 7.08. The molecule has 2 atom stereocenters. The van der Waals surface area contributed by atoms with Gasteiger partial charge in [0.05, 0.1) is 12.3 Å². The minimum absolute atomic E-state index is 0.129. The second kappa shape index (κ2) is 7.03. The fourth-order valence-corrected chi connectivity index (χ4v) is 2.72. The van der Waals surface area contributed by atoms with E-state index in [0.717, 1.165) is 31.2 Å². The molecular weight excluding hydrogens is 256 g/mol. The molecule has 0 saturated heterocycles. The van der Waals surface area contributed by atoms with E-state index in [1.165, 1.54) is 0 Å². The van der Waals surface area contributed by atoms with Crippen molar-refractivity contribution in [2.45, 2.75) is 44.6 Å². The molecule has 2 unspecified atom stereocenters. The van der Waals surface area contributed by atoms with E-state index in [1.54, 1.807) is 18.5 Å². The molecule has 1 aromatic heterocycles. The van der Waals surface area contributed by atoms with Crippen molar-refractivity contribution < 1.29 is 14.7 Å². The SMILES string of the molecule is O=C(Cc1cccnc1)NC1CCCCCC1C(=O)O. The highest BCUT2D eigenvalue weighted by Crippen LogP contribution is 2.23. The van der Waals surface area contributed by atoms with E-state index in [2.05, 4.69) is 10.3 Å². The van der Waals surface area contributed by atoms with Gasteiger partial charge in [-0.3, -0.25) is 14.6 Å². The molecule has 0 aliphatic heterocycles. The second-order valence-corrected chi connectivity index (χ2v) is 5.29. The standard InChI is InChI=1S/C15H20N2O3/c18-14(9-11-5-4-8-16-10-11)17-13-7-3-1-2-6-12(13)15(19)20/h4-5,8,10,12-13H,1-3,6-7,9H2,(H,17,18)(H,19,20). The number of hydrogen-bond acceptors (Lipinski definition) is 3. The van der Waals surface area contributed by atoms with Crippen molar-refractivity contribution in [3.63, 3.8) is 0 Å². The Labute approximate surface area is 118 Å². The van der Waals surface area contributed by atoms with E-state index in [1.807, 2.05) is 6.07 Å². The van der Waals surface area contributed by atoms with E-state index in [0.29, 0.717) is 6.42 Å². The first-order valence-corrected chi connectivity index (χ1v) is 7.08. The molecule has 1 fully saturated rings. The third kappa shape index (κ3) is 4.05. The van der Waals surface area contributed by atoms with Crippen LogP contribution in [0.15, 0.2) is 24.5 Å². The largest absolute Gasteiger partial charge is 0.481 e. The molecule has 0 aromatic carbocycles. The highest BCUT2D eigenvalue weighted by Gasteiger charge is 2.30. The Morgan fingerprint density at radius 1 is 1.30 bits per heavy atom. The van der Waals surface area contributed by atoms with Crippen LogP contribution in [0, 0.1) is 5.92 Å². The Hall–Kier alpha value is -1.91. The highest BCUT2D eigenvalue weighted by atomic mass is 16.4. The van der Waals surface area contributed by atoms with Crippen LogP contribution in [-0.2, 0) is 16.0 Å². The van der Waals surface area contributed by atoms with Gasteiger partial charge in [-0.2, -0.15) is 0 Å². The molecule has 0 spiro atoms. The Bertz CT molecular complexity index is 461. The van der Waals surface area contributed by atoms with Crippen LogP contribution in [0.4, 0.5) is 0 Å². The number of carboxylic acids is 1. The van der Waals surface area contributed by atoms with Crippen LogP contribution in [0.25, 0.3) is 0 Å². The zero-order chi connectivity index (χ0) is 14.4. The van der Waals surface area contributed by atoms with E-state index in [-0.39, 0.29) is 18.4 Å². The molecule has 1 aromatic rings. The van der Waals surface area contributed by atoms with Gasteiger partial charge in [0.25, 0.3) is 0 Å². The average Bonchev–Trinajstić information content (AvgIpc) is 2.65. The molecule has 5 heteroatoms. The topological polar surface area (TPSA) is 79.3 Å². The summed E-state index contributed by atoms with van der Waals surface area (Å²) in [4.78, 5) is 27.3. The lowest BCUT2D eigenvalue weighted by Crippen LogP contribution is -2.43. The molecule has 108 valence electrons. The average molecular weight is 276 g/mol. The summed E-state index contributed by atoms with van der Waals surface area (Å²) in [6.07, 6.45) is 7.89. The number of pyridine rings is 1. The number of nitrogens with zero attached hydrogens (tertiary/aromatic N) is 1. The number of carbonyl (C=O) groups is 2. The molecule has 0 radical (unpaired) electrons. The van der Waals surface area contributed by atoms with Gasteiger partial charge >= 0.3 is 5.97 Å². The smallest absolute Gasteiger partial charge is 0.308 e. The summed E-state index contributed by atoms with van der Waals surface area (Å²) >= 11 is 0. The molecule has 1 saturated carbocycles. The number of nitrogens with one attached hydrogen (secondary N) is 1. The Kier molecular flexibility index (Phi) is 5.09. The molecule has 1 heterocycles. The molecule has 2 rings (SSSR count). The van der Waals surface area contributed by atoms with Crippen molar-refractivity contribution in [1.29, 1.82) is 0 Å². The van der Waals surface area contributed by atoms with Gasteiger partial charge in [0.1, 0.15) is 0 Å². The number of hydrogen-bond donors (Lipinski definition) is 2. The van der Waals surface area contributed by atoms with Gasteiger partial charge in [-0.15, -0.1) is 0 Å². The maximum atomic E-state index is 12.0. The van der Waals surface area contributed by atoms with Crippen molar-refractivity contribution in [3.05, 3.63) is 30.1 Å². The number of rotatable bonds is 4. The first kappa shape index (κ1) is 14.5. The molecule has 1 aliphatic carbocycles. The van der Waals surface area contributed by atoms with E-state index in [9.17, 15) is 14.7 Å². The predicted molar refractivity (Wildman–Crippen MR) is 74.1 cm³/mol. The zero-order valence-electron chi connectivity index (χ0n) is 11.4. The Morgan fingerprint density at radius 2 is 2.10 bits per heavy atom. The van der Waals surface area contributed by atoms with Crippen molar-refractivity contribution in [2.24, 2.45) is 5.92 Å². The van der Waals surface area contributed by atoms with Crippen LogP contribution in [-0.4, -0.2) is 28.0 Å². The number of amides is 1. The van der Waals surface area contributed by atoms with Crippen LogP contribution in [0.1, 0.15) is 37.7 Å². The van der Waals surface area contributed by atoms with Crippen LogP contribution in [0.3, 0.4) is 0 Å². The maximum absolute atomic E-state index is 12.0. The normalized spacial score (nSPS) is 22.8. The fraction of sp³-hybridized carbons (Fsp3) is 0.533. The number of aromatic nitrogens is 1. The zero-order valence-corrected chi connectivity index (χ0v) is 11.4. The molecule has 2 N–H and O–H groups in total. The van der Waals surface area contributed by atoms with Gasteiger partial charge in [-0.05, 0) is 24.5 Å². The van der Waals surface area contributed by atoms with Gasteiger partial charge in [0.2, 0.25) is 5.91 Å². The summed E-state index contributed by atoms with van der Waals surface area (Å²) in [5.41, 5.74) is 0.838. The summed E-state index contributed by atoms with van der Waals surface area (Å²) in [7, 11) is 0. The van der Waals surface area contributed by atoms with Crippen LogP contribution in [0.2, 0.25) is 0 Å². The maximum Gasteiger partial charge on any atom is 0.308 e. The summed E-state index contributed by atoms with van der Waals surface area (Å²) in [5, 5.41) is 12.2. The number of carbonyl (C=O) groups excluding carboxylic acids is 1. The van der Waals surface area contributed by atoms with E-state index >= 15 is 0 Å². The predicted octanol–water partition coefficient (Wildman–Crippen LogP) is 1.77. The third-order valence-corrected chi connectivity index (χ3v) is 3.77. The quantitative estimate of drug-likeness (QED) is 0.821. The minimum Gasteiger partial charge on any atom is -0.481 e. The Balaban J connectivity index is 1.95. The summed E-state index contributed by atoms with van der Waals surface area (Å²) < 4.78 is 0. The second-order valence-electron chi connectivity index (χ2n) is 5.29. The first-order chi connectivity index (χ1) is 9.66. The molecular formula is C15H20N2O3. The minimum atomic E-state index is -0.807. The van der Waals surface area contributed by atoms with Crippen LogP contribution < -0.4 is 5.32 Å². The van der Waals surface area contributed by atoms with Gasteiger partial charge in [-0.25, -0.2) is 0 Å². The summed E-state index contributed by atoms with van der Waals surface area (Å²) in [6, 6.07) is 3.38. The molecule has 5 nitrogen and oxygen atoms in total. The fourth-order valence-electron chi connectivity index (χ4n) is 2.72. The van der Waals surface area contributed by atoms with Crippen molar-refractivity contribution in [1.82, 2.24) is 10.3 Å². The number of carboxylic acid groups (broad SMARTS) is 1. The monoisotopic (exact) mass is 276 g/mol. The van der Waals surface area contributed by atoms with Crippen LogP contribution in [0.5, 0.6) is 0 Å². The van der Waals surface area contributed by atoms with Gasteiger partial charge in [0.15, 0.2) is 0 Å².